The number of carbonyl (C=O) groups excluding carboxylic acids is 1. The Balaban J connectivity index is 1.47. The summed E-state index contributed by atoms with van der Waals surface area (Å²) in [6, 6.07) is 7.15. The molecule has 1 aromatic carbocycles. The molecular formula is C27H35F3N4O3Si. The van der Waals surface area contributed by atoms with Crippen molar-refractivity contribution in [3.63, 3.8) is 0 Å². The van der Waals surface area contributed by atoms with Crippen LogP contribution in [0.2, 0.25) is 18.1 Å². The molecule has 2 heterocycles. The highest BCUT2D eigenvalue weighted by Crippen LogP contribution is 2.39. The first-order valence-corrected chi connectivity index (χ1v) is 15.5. The molecule has 0 aliphatic carbocycles. The van der Waals surface area contributed by atoms with Gasteiger partial charge in [-0.1, -0.05) is 26.8 Å². The average Bonchev–Trinajstić information content (AvgIpc) is 2.86. The summed E-state index contributed by atoms with van der Waals surface area (Å²) >= 11 is 0. The number of piperidine rings is 1. The fraction of sp³-hybridized carbons (Fsp3) is 0.519. The predicted octanol–water partition coefficient (Wildman–Crippen LogP) is 6.91. The molecule has 1 aromatic heterocycles. The second-order valence-electron chi connectivity index (χ2n) is 10.9. The Morgan fingerprint density at radius 3 is 2.39 bits per heavy atom. The Hall–Kier alpha value is -3.10. The van der Waals surface area contributed by atoms with Crippen LogP contribution in [0, 0.1) is 12.5 Å². The number of nitrogens with zero attached hydrogens (tertiary/aromatic N) is 3. The summed E-state index contributed by atoms with van der Waals surface area (Å²) < 4.78 is 51.7. The molecule has 1 aliphatic heterocycles. The van der Waals surface area contributed by atoms with Crippen molar-refractivity contribution in [3.8, 4) is 5.75 Å². The summed E-state index contributed by atoms with van der Waals surface area (Å²) in [5, 5.41) is 2.95. The highest BCUT2D eigenvalue weighted by Gasteiger charge is 2.37. The van der Waals surface area contributed by atoms with E-state index in [2.05, 4.69) is 49.0 Å². The molecule has 11 heteroatoms. The number of nitrogens with one attached hydrogen (secondary N) is 1. The number of halogens is 3. The van der Waals surface area contributed by atoms with Crippen LogP contribution < -0.4 is 15.0 Å². The molecule has 1 N–H and O–H groups in total. The zero-order chi connectivity index (χ0) is 28.1. The molecule has 0 unspecified atom stereocenters. The number of alkyl halides is 3. The van der Waals surface area contributed by atoms with Crippen LogP contribution in [0.4, 0.5) is 30.4 Å². The molecule has 3 rings (SSSR count). The summed E-state index contributed by atoms with van der Waals surface area (Å²) in [4.78, 5) is 21.8. The number of benzene rings is 1. The van der Waals surface area contributed by atoms with Gasteiger partial charge in [0.05, 0.1) is 24.9 Å². The van der Waals surface area contributed by atoms with Gasteiger partial charge in [-0.05, 0) is 55.2 Å². The number of hydrogen-bond donors (Lipinski definition) is 1. The highest BCUT2D eigenvalue weighted by molar-refractivity contribution is 6.74. The molecule has 0 atom stereocenters. The smallest absolute Gasteiger partial charge is 0.407 e. The van der Waals surface area contributed by atoms with Gasteiger partial charge in [-0.2, -0.15) is 13.2 Å². The topological polar surface area (TPSA) is 68.1 Å². The van der Waals surface area contributed by atoms with Crippen LogP contribution in [0.15, 0.2) is 36.5 Å². The Labute approximate surface area is 223 Å². The summed E-state index contributed by atoms with van der Waals surface area (Å²) in [6.07, 6.45) is -2.06. The third-order valence-corrected chi connectivity index (χ3v) is 11.8. The molecule has 38 heavy (non-hydrogen) atoms. The number of ether oxygens (including phenoxy) is 1. The van der Waals surface area contributed by atoms with Crippen molar-refractivity contribution in [2.24, 2.45) is 5.92 Å². The molecule has 1 aliphatic rings. The Kier molecular flexibility index (Phi) is 9.10. The molecule has 1 fully saturated rings. The monoisotopic (exact) mass is 548 g/mol. The van der Waals surface area contributed by atoms with Gasteiger partial charge in [0.25, 0.3) is 0 Å². The summed E-state index contributed by atoms with van der Waals surface area (Å²) in [6.45, 7) is 19.7. The van der Waals surface area contributed by atoms with Gasteiger partial charge in [0.15, 0.2) is 14.0 Å². The highest BCUT2D eigenvalue weighted by atomic mass is 28.4. The molecule has 0 bridgehead atoms. The lowest BCUT2D eigenvalue weighted by molar-refractivity contribution is -0.136. The standard InChI is InChI=1S/C27H35F3N4O3Si/c1-26(2,3)38(5,6)37-16-15-36-21-8-10-24(32-18-21)33-25(35)19-11-13-34(14-12-19)20-7-9-23(31-4)22(17-20)27(28,29)30/h7-10,17-19H,11-16H2,1-3,5-6H3,(H,32,33,35). The first-order chi connectivity index (χ1) is 17.7. The molecule has 1 amide bonds. The van der Waals surface area contributed by atoms with Gasteiger partial charge in [0, 0.05) is 24.7 Å². The van der Waals surface area contributed by atoms with Crippen molar-refractivity contribution < 1.29 is 27.1 Å². The van der Waals surface area contributed by atoms with Gasteiger partial charge in [-0.3, -0.25) is 4.79 Å². The van der Waals surface area contributed by atoms with Crippen molar-refractivity contribution in [1.82, 2.24) is 4.98 Å². The minimum atomic E-state index is -4.60. The summed E-state index contributed by atoms with van der Waals surface area (Å²) in [5.41, 5.74) is -0.957. The fourth-order valence-electron chi connectivity index (χ4n) is 3.89. The van der Waals surface area contributed by atoms with E-state index in [1.807, 2.05) is 4.90 Å². The number of amides is 1. The third kappa shape index (κ3) is 7.48. The van der Waals surface area contributed by atoms with Crippen LogP contribution in [0.1, 0.15) is 39.2 Å². The normalized spacial score (nSPS) is 15.2. The summed E-state index contributed by atoms with van der Waals surface area (Å²) in [7, 11) is -1.83. The lowest BCUT2D eigenvalue weighted by Crippen LogP contribution is -2.41. The largest absolute Gasteiger partial charge is 0.490 e. The van der Waals surface area contributed by atoms with Crippen molar-refractivity contribution in [1.29, 1.82) is 0 Å². The Morgan fingerprint density at radius 1 is 1.16 bits per heavy atom. The molecule has 2 aromatic rings. The maximum absolute atomic E-state index is 13.3. The van der Waals surface area contributed by atoms with Gasteiger partial charge >= 0.3 is 6.18 Å². The zero-order valence-electron chi connectivity index (χ0n) is 22.5. The number of aromatic nitrogens is 1. The number of carbonyl (C=O) groups is 1. The van der Waals surface area contributed by atoms with Gasteiger partial charge in [0.1, 0.15) is 18.2 Å². The van der Waals surface area contributed by atoms with E-state index in [9.17, 15) is 18.0 Å². The zero-order valence-corrected chi connectivity index (χ0v) is 23.5. The molecule has 1 saturated heterocycles. The fourth-order valence-corrected chi connectivity index (χ4v) is 4.91. The second kappa shape index (κ2) is 11.7. The Morgan fingerprint density at radius 2 is 1.84 bits per heavy atom. The van der Waals surface area contributed by atoms with Crippen LogP contribution in [0.5, 0.6) is 5.75 Å². The van der Waals surface area contributed by atoms with E-state index in [4.69, 9.17) is 15.7 Å². The van der Waals surface area contributed by atoms with Crippen molar-refractivity contribution >= 4 is 31.4 Å². The molecule has 0 radical (unpaired) electrons. The van der Waals surface area contributed by atoms with Crippen LogP contribution in [0.3, 0.4) is 0 Å². The minimum absolute atomic E-state index is 0.131. The number of hydrogen-bond acceptors (Lipinski definition) is 5. The van der Waals surface area contributed by atoms with Gasteiger partial charge in [0.2, 0.25) is 5.91 Å². The van der Waals surface area contributed by atoms with E-state index in [-0.39, 0.29) is 16.9 Å². The molecular weight excluding hydrogens is 513 g/mol. The quantitative estimate of drug-likeness (QED) is 0.221. The summed E-state index contributed by atoms with van der Waals surface area (Å²) in [5.74, 6) is 0.540. The third-order valence-electron chi connectivity index (χ3n) is 7.25. The average molecular weight is 549 g/mol. The van der Waals surface area contributed by atoms with E-state index >= 15 is 0 Å². The van der Waals surface area contributed by atoms with E-state index in [0.717, 1.165) is 6.07 Å². The number of anilines is 2. The van der Waals surface area contributed by atoms with E-state index in [1.54, 1.807) is 18.3 Å². The number of pyridine rings is 1. The Bertz CT molecular complexity index is 1150. The molecule has 206 valence electrons. The SMILES string of the molecule is [C-]#[N+]c1ccc(N2CCC(C(=O)Nc3ccc(OCCO[Si](C)(C)C(C)(C)C)cn3)CC2)cc1C(F)(F)F. The van der Waals surface area contributed by atoms with Crippen LogP contribution in [-0.2, 0) is 15.4 Å². The first-order valence-electron chi connectivity index (χ1n) is 12.6. The van der Waals surface area contributed by atoms with Gasteiger partial charge in [-0.15, -0.1) is 0 Å². The maximum Gasteiger partial charge on any atom is 0.407 e. The molecule has 0 spiro atoms. The maximum atomic E-state index is 13.3. The lowest BCUT2D eigenvalue weighted by Gasteiger charge is -2.36. The van der Waals surface area contributed by atoms with E-state index in [0.29, 0.717) is 56.4 Å². The molecule has 7 nitrogen and oxygen atoms in total. The van der Waals surface area contributed by atoms with E-state index < -0.39 is 25.7 Å². The van der Waals surface area contributed by atoms with E-state index in [1.165, 1.54) is 12.1 Å². The van der Waals surface area contributed by atoms with Crippen LogP contribution in [0.25, 0.3) is 4.85 Å². The van der Waals surface area contributed by atoms with Crippen LogP contribution >= 0.6 is 0 Å². The van der Waals surface area contributed by atoms with Crippen LogP contribution in [-0.4, -0.2) is 45.5 Å². The molecule has 0 saturated carbocycles. The predicted molar refractivity (Wildman–Crippen MR) is 144 cm³/mol. The van der Waals surface area contributed by atoms with Crippen molar-refractivity contribution in [3.05, 3.63) is 53.5 Å². The van der Waals surface area contributed by atoms with Crippen molar-refractivity contribution in [2.45, 2.75) is 57.9 Å². The first kappa shape index (κ1) is 29.5. The second-order valence-corrected chi connectivity index (χ2v) is 15.7. The minimum Gasteiger partial charge on any atom is -0.490 e. The van der Waals surface area contributed by atoms with Gasteiger partial charge < -0.3 is 19.4 Å². The lowest BCUT2D eigenvalue weighted by atomic mass is 9.95. The van der Waals surface area contributed by atoms with Gasteiger partial charge in [-0.25, -0.2) is 9.83 Å². The number of rotatable bonds is 8. The van der Waals surface area contributed by atoms with Crippen molar-refractivity contribution in [2.75, 3.05) is 36.5 Å².